The molecule has 0 N–H and O–H groups in total. The van der Waals surface area contributed by atoms with Crippen LogP contribution in [-0.4, -0.2) is 9.97 Å². The lowest BCUT2D eigenvalue weighted by atomic mass is 9.87. The maximum Gasteiger partial charge on any atom is 0.227 e. The molecule has 0 unspecified atom stereocenters. The Labute approximate surface area is 280 Å². The minimum atomic E-state index is -2.72. The van der Waals surface area contributed by atoms with Gasteiger partial charge in [-0.2, -0.15) is 0 Å². The van der Waals surface area contributed by atoms with Crippen LogP contribution in [0.3, 0.4) is 0 Å². The van der Waals surface area contributed by atoms with Crippen molar-refractivity contribution in [2.45, 2.75) is 48.1 Å². The monoisotopic (exact) mass is 587 g/mol. The topological polar surface area (TPSA) is 38.9 Å². The minimum absolute atomic E-state index is 0.0911. The normalized spacial score (nSPS) is 18.0. The van der Waals surface area contributed by atoms with Crippen molar-refractivity contribution in [3.63, 3.8) is 0 Å². The first-order chi connectivity index (χ1) is 27.2. The van der Waals surface area contributed by atoms with Gasteiger partial charge in [0, 0.05) is 48.8 Å². The summed E-state index contributed by atoms with van der Waals surface area (Å²) in [5.74, 6) is 0. The molecule has 0 saturated heterocycles. The summed E-state index contributed by atoms with van der Waals surface area (Å²) in [6, 6.07) is 22.3. The van der Waals surface area contributed by atoms with E-state index in [4.69, 9.17) is 25.0 Å². The quantitative estimate of drug-likeness (QED) is 0.206. The summed E-state index contributed by atoms with van der Waals surface area (Å²) in [6.45, 7) is -9.49. The van der Waals surface area contributed by atoms with Crippen molar-refractivity contribution in [1.29, 1.82) is 0 Å². The van der Waals surface area contributed by atoms with Gasteiger partial charge in [-0.25, -0.2) is 4.98 Å². The Hall–Kier alpha value is -5.02. The first kappa shape index (κ1) is 15.6. The van der Waals surface area contributed by atoms with Crippen molar-refractivity contribution in [3.8, 4) is 44.6 Å². The summed E-state index contributed by atoms with van der Waals surface area (Å²) < 4.78 is 128. The smallest absolute Gasteiger partial charge is 0.227 e. The number of furan rings is 1. The third-order valence-electron chi connectivity index (χ3n) is 8.02. The number of aryl methyl sites for hydroxylation is 7. The molecule has 3 heteroatoms. The van der Waals surface area contributed by atoms with E-state index in [0.717, 1.165) is 0 Å². The van der Waals surface area contributed by atoms with Crippen LogP contribution in [0, 0.1) is 48.1 Å². The molecule has 4 aromatic carbocycles. The van der Waals surface area contributed by atoms with E-state index in [0.29, 0.717) is 55.3 Å². The Morgan fingerprint density at radius 2 is 1.41 bits per heavy atom. The van der Waals surface area contributed by atoms with Crippen LogP contribution in [0.5, 0.6) is 0 Å². The molecule has 7 aromatic rings. The molecule has 3 heterocycles. The summed E-state index contributed by atoms with van der Waals surface area (Å²) in [4.78, 5) is 8.75. The highest BCUT2D eigenvalue weighted by atomic mass is 16.3. The van der Waals surface area contributed by atoms with Gasteiger partial charge in [-0.15, -0.1) is 0 Å². The highest BCUT2D eigenvalue weighted by molar-refractivity contribution is 6.08. The van der Waals surface area contributed by atoms with Crippen LogP contribution in [-0.2, 0) is 0 Å². The zero-order chi connectivity index (χ0) is 43.2. The van der Waals surface area contributed by atoms with E-state index in [-0.39, 0.29) is 50.5 Å². The van der Waals surface area contributed by atoms with Crippen molar-refractivity contribution in [2.24, 2.45) is 0 Å². The highest BCUT2D eigenvalue weighted by Crippen LogP contribution is 2.39. The lowest BCUT2D eigenvalue weighted by Crippen LogP contribution is -1.96. The van der Waals surface area contributed by atoms with E-state index in [1.807, 2.05) is 0 Å². The summed E-state index contributed by atoms with van der Waals surface area (Å²) in [5.41, 5.74) is 4.04. The van der Waals surface area contributed by atoms with Crippen LogP contribution in [0.25, 0.3) is 66.7 Å². The second kappa shape index (κ2) is 10.6. The van der Waals surface area contributed by atoms with Gasteiger partial charge in [-0.1, -0.05) is 66.2 Å². The summed E-state index contributed by atoms with van der Waals surface area (Å²) in [6.07, 6.45) is 1.21. The van der Waals surface area contributed by atoms with Crippen LogP contribution in [0.15, 0.2) is 95.5 Å². The average molecular weight is 588 g/mol. The molecule has 0 amide bonds. The third kappa shape index (κ3) is 4.69. The van der Waals surface area contributed by atoms with Crippen LogP contribution in [0.1, 0.15) is 59.6 Å². The summed E-state index contributed by atoms with van der Waals surface area (Å²) in [7, 11) is 0. The fourth-order valence-electron chi connectivity index (χ4n) is 5.94. The van der Waals surface area contributed by atoms with E-state index in [1.165, 1.54) is 42.6 Å². The number of pyridine rings is 2. The molecule has 44 heavy (non-hydrogen) atoms. The average Bonchev–Trinajstić information content (AvgIpc) is 3.50. The Kier molecular flexibility index (Phi) is 3.77. The summed E-state index contributed by atoms with van der Waals surface area (Å²) >= 11 is 0. The fraction of sp³-hybridized carbons (Fsp3) is 0.171. The molecule has 0 aliphatic heterocycles. The SMILES string of the molecule is [2H]C([2H])([2H])c1ccc(-c2ccc(-c3cc(C)c(-c4cc(-c5cccc6c5oc5nc(C([2H])([2H])[2H])ccc56)ncc4C([2H])([2H])[2H])c(C([2H])([2H])[2H])c3)c(C)c2)c(C([2H])([2H])[2H])c1. The first-order valence-electron chi connectivity index (χ1n) is 21.5. The zero-order valence-corrected chi connectivity index (χ0v) is 24.0. The predicted octanol–water partition coefficient (Wildman–Crippen LogP) is 11.2. The van der Waals surface area contributed by atoms with Crippen molar-refractivity contribution < 1.29 is 25.0 Å². The van der Waals surface area contributed by atoms with Gasteiger partial charge < -0.3 is 4.42 Å². The Morgan fingerprint density at radius 3 is 2.23 bits per heavy atom. The fourth-order valence-corrected chi connectivity index (χ4v) is 5.94. The maximum absolute atomic E-state index is 8.66. The number of nitrogens with zero attached hydrogens (tertiary/aromatic N) is 2. The molecule has 0 bridgehead atoms. The molecule has 0 fully saturated rings. The highest BCUT2D eigenvalue weighted by Gasteiger charge is 2.18. The third-order valence-corrected chi connectivity index (χ3v) is 8.02. The van der Waals surface area contributed by atoms with Gasteiger partial charge in [0.05, 0.1) is 5.69 Å². The number of aromatic nitrogens is 2. The van der Waals surface area contributed by atoms with E-state index in [9.17, 15) is 0 Å². The largest absolute Gasteiger partial charge is 0.437 e. The lowest BCUT2D eigenvalue weighted by Gasteiger charge is -2.17. The number of fused-ring (bicyclic) bond motifs is 3. The van der Waals surface area contributed by atoms with Gasteiger partial charge in [-0.05, 0) is 134 Å². The minimum Gasteiger partial charge on any atom is -0.437 e. The van der Waals surface area contributed by atoms with Crippen LogP contribution >= 0.6 is 0 Å². The maximum atomic E-state index is 8.66. The van der Waals surface area contributed by atoms with Crippen LogP contribution in [0.2, 0.25) is 0 Å². The molecule has 216 valence electrons. The summed E-state index contributed by atoms with van der Waals surface area (Å²) in [5, 5.41) is 1.19. The van der Waals surface area contributed by atoms with Crippen LogP contribution < -0.4 is 0 Å². The van der Waals surface area contributed by atoms with Gasteiger partial charge in [0.2, 0.25) is 5.71 Å². The van der Waals surface area contributed by atoms with E-state index in [2.05, 4.69) is 9.97 Å². The Morgan fingerprint density at radius 1 is 0.591 bits per heavy atom. The van der Waals surface area contributed by atoms with Gasteiger partial charge in [0.15, 0.2) is 0 Å². The van der Waals surface area contributed by atoms with Gasteiger partial charge >= 0.3 is 0 Å². The molecular formula is C41H36N2O. The van der Waals surface area contributed by atoms with Crippen molar-refractivity contribution in [3.05, 3.63) is 130 Å². The van der Waals surface area contributed by atoms with Crippen molar-refractivity contribution in [1.82, 2.24) is 9.97 Å². The van der Waals surface area contributed by atoms with E-state index >= 15 is 0 Å². The molecule has 0 spiro atoms. The number of benzene rings is 4. The molecule has 0 atom stereocenters. The predicted molar refractivity (Wildman–Crippen MR) is 184 cm³/mol. The van der Waals surface area contributed by atoms with Crippen LogP contribution in [0.4, 0.5) is 0 Å². The second-order valence-corrected chi connectivity index (χ2v) is 11.0. The lowest BCUT2D eigenvalue weighted by molar-refractivity contribution is 0.653. The zero-order valence-electron chi connectivity index (χ0n) is 39.0. The molecule has 0 aliphatic carbocycles. The molecule has 0 saturated carbocycles. The Balaban J connectivity index is 1.38. The molecule has 0 aliphatic rings. The molecule has 3 nitrogen and oxygen atoms in total. The Bertz CT molecular complexity index is 2790. The van der Waals surface area contributed by atoms with Gasteiger partial charge in [0.1, 0.15) is 5.58 Å². The molecule has 0 radical (unpaired) electrons. The molecule has 7 rings (SSSR count). The molecule has 3 aromatic heterocycles. The second-order valence-electron chi connectivity index (χ2n) is 11.0. The number of hydrogen-bond donors (Lipinski definition) is 0. The van der Waals surface area contributed by atoms with E-state index < -0.39 is 34.3 Å². The van der Waals surface area contributed by atoms with Crippen molar-refractivity contribution >= 4 is 22.1 Å². The number of para-hydroxylation sites is 1. The van der Waals surface area contributed by atoms with E-state index in [1.54, 1.807) is 62.4 Å². The van der Waals surface area contributed by atoms with Crippen molar-refractivity contribution in [2.75, 3.05) is 0 Å². The molecular weight excluding hydrogens is 536 g/mol. The van der Waals surface area contributed by atoms with Gasteiger partial charge in [-0.3, -0.25) is 4.98 Å². The number of hydrogen-bond acceptors (Lipinski definition) is 3. The standard InChI is InChI=1S/C41H36N2O/c1-23-11-14-32(24(2)17-23)30-13-16-33(25(3)18-30)31-19-26(4)39(27(5)20-31)37-21-38(42-22-28(37)6)36-10-8-9-34-35-15-12-29(7)43-41(35)44-40(34)36/h8-22H,1-7H3/i1D3,2D3,4D3,6D3,7D3. The van der Waals surface area contributed by atoms with Gasteiger partial charge in [0.25, 0.3) is 0 Å². The first-order valence-corrected chi connectivity index (χ1v) is 14.0. The number of rotatable bonds is 4.